The Morgan fingerprint density at radius 3 is 2.46 bits per heavy atom. The fourth-order valence-corrected chi connectivity index (χ4v) is 4.02. The van der Waals surface area contributed by atoms with Crippen LogP contribution < -0.4 is 0 Å². The molecule has 7 nitrogen and oxygen atoms in total. The van der Waals surface area contributed by atoms with E-state index in [0.717, 1.165) is 47.7 Å². The summed E-state index contributed by atoms with van der Waals surface area (Å²) in [6.07, 6.45) is 7.89. The highest BCUT2D eigenvalue weighted by Gasteiger charge is 2.30. The third-order valence-electron chi connectivity index (χ3n) is 5.56. The number of amides is 1. The molecule has 1 N–H and O–H groups in total. The first kappa shape index (κ1) is 17.6. The van der Waals surface area contributed by atoms with Crippen LogP contribution in [0.4, 0.5) is 0 Å². The molecule has 28 heavy (non-hydrogen) atoms. The van der Waals surface area contributed by atoms with E-state index in [1.807, 2.05) is 35.4 Å². The number of nitrogens with zero attached hydrogens (tertiary/aromatic N) is 5. The maximum Gasteiger partial charge on any atom is 0.253 e. The van der Waals surface area contributed by atoms with Gasteiger partial charge in [-0.3, -0.25) is 9.89 Å². The van der Waals surface area contributed by atoms with Gasteiger partial charge in [0, 0.05) is 36.7 Å². The van der Waals surface area contributed by atoms with E-state index in [-0.39, 0.29) is 5.91 Å². The van der Waals surface area contributed by atoms with Crippen molar-refractivity contribution in [2.75, 3.05) is 13.1 Å². The summed E-state index contributed by atoms with van der Waals surface area (Å²) in [7, 11) is 0. The maximum atomic E-state index is 12.9. The number of aromatic nitrogens is 5. The third-order valence-corrected chi connectivity index (χ3v) is 5.97. The highest BCUT2D eigenvalue weighted by Crippen LogP contribution is 2.38. The zero-order valence-corrected chi connectivity index (χ0v) is 17.0. The van der Waals surface area contributed by atoms with Crippen molar-refractivity contribution in [3.63, 3.8) is 0 Å². The number of aromatic amines is 1. The van der Waals surface area contributed by atoms with Gasteiger partial charge in [0.25, 0.3) is 5.91 Å². The van der Waals surface area contributed by atoms with Crippen molar-refractivity contribution in [1.29, 1.82) is 0 Å². The van der Waals surface area contributed by atoms with Crippen LogP contribution in [0.15, 0.2) is 41.1 Å². The molecule has 8 heteroatoms. The van der Waals surface area contributed by atoms with Crippen molar-refractivity contribution in [3.8, 4) is 5.69 Å². The number of halogens is 1. The van der Waals surface area contributed by atoms with Gasteiger partial charge in [0.05, 0.1) is 16.4 Å². The summed E-state index contributed by atoms with van der Waals surface area (Å²) in [5.74, 6) is 2.98. The molecule has 0 bridgehead atoms. The molecule has 2 aliphatic rings. The van der Waals surface area contributed by atoms with Crippen LogP contribution >= 0.6 is 15.9 Å². The number of carbonyl (C=O) groups excluding carboxylic acids is 1. The lowest BCUT2D eigenvalue weighted by molar-refractivity contribution is 0.0711. The second-order valence-corrected chi connectivity index (χ2v) is 8.49. The number of benzene rings is 1. The minimum atomic E-state index is 0.0860. The van der Waals surface area contributed by atoms with Crippen LogP contribution in [0.2, 0.25) is 0 Å². The molecule has 1 aromatic carbocycles. The van der Waals surface area contributed by atoms with Gasteiger partial charge in [-0.25, -0.2) is 9.67 Å². The number of carbonyl (C=O) groups is 1. The Labute approximate surface area is 171 Å². The quantitative estimate of drug-likeness (QED) is 0.671. The predicted molar refractivity (Wildman–Crippen MR) is 108 cm³/mol. The molecule has 2 fully saturated rings. The molecule has 144 valence electrons. The molecule has 0 radical (unpaired) electrons. The lowest BCUT2D eigenvalue weighted by Gasteiger charge is -2.31. The van der Waals surface area contributed by atoms with Crippen molar-refractivity contribution in [3.05, 3.63) is 58.3 Å². The van der Waals surface area contributed by atoms with Crippen LogP contribution in [-0.2, 0) is 0 Å². The highest BCUT2D eigenvalue weighted by molar-refractivity contribution is 9.10. The monoisotopic (exact) mass is 440 g/mol. The Kier molecular flexibility index (Phi) is 4.50. The fraction of sp³-hybridized carbons (Fsp3) is 0.400. The smallest absolute Gasteiger partial charge is 0.253 e. The van der Waals surface area contributed by atoms with Gasteiger partial charge in [-0.05, 0) is 65.9 Å². The number of piperidine rings is 1. The molecule has 1 aliphatic carbocycles. The van der Waals surface area contributed by atoms with Crippen molar-refractivity contribution in [1.82, 2.24) is 29.9 Å². The van der Waals surface area contributed by atoms with Crippen LogP contribution in [0.25, 0.3) is 5.69 Å². The second kappa shape index (κ2) is 7.16. The van der Waals surface area contributed by atoms with Gasteiger partial charge in [-0.1, -0.05) is 0 Å². The summed E-state index contributed by atoms with van der Waals surface area (Å²) in [5, 5.41) is 11.7. The summed E-state index contributed by atoms with van der Waals surface area (Å²) < 4.78 is 2.70. The van der Waals surface area contributed by atoms with E-state index in [9.17, 15) is 4.79 Å². The van der Waals surface area contributed by atoms with E-state index >= 15 is 0 Å². The van der Waals surface area contributed by atoms with Gasteiger partial charge in [-0.2, -0.15) is 10.2 Å². The molecule has 0 spiro atoms. The van der Waals surface area contributed by atoms with E-state index in [0.29, 0.717) is 17.4 Å². The minimum absolute atomic E-state index is 0.0860. The maximum absolute atomic E-state index is 12.9. The number of hydrogen-bond acceptors (Lipinski definition) is 4. The minimum Gasteiger partial charge on any atom is -0.339 e. The molecule has 1 saturated heterocycles. The second-order valence-electron chi connectivity index (χ2n) is 7.57. The number of H-pyrrole nitrogens is 1. The summed E-state index contributed by atoms with van der Waals surface area (Å²) in [6.45, 7) is 1.49. The Morgan fingerprint density at radius 2 is 1.82 bits per heavy atom. The molecule has 3 heterocycles. The van der Waals surface area contributed by atoms with E-state index in [1.54, 1.807) is 10.9 Å². The molecule has 2 aromatic heterocycles. The summed E-state index contributed by atoms with van der Waals surface area (Å²) >= 11 is 3.40. The van der Waals surface area contributed by atoms with E-state index < -0.39 is 0 Å². The molecule has 1 saturated carbocycles. The first-order valence-corrected chi connectivity index (χ1v) is 10.5. The van der Waals surface area contributed by atoms with E-state index in [1.165, 1.54) is 12.8 Å². The van der Waals surface area contributed by atoms with Crippen LogP contribution in [-0.4, -0.2) is 48.9 Å². The highest BCUT2D eigenvalue weighted by atomic mass is 79.9. The number of nitrogens with one attached hydrogen (secondary N) is 1. The van der Waals surface area contributed by atoms with Crippen molar-refractivity contribution < 1.29 is 4.79 Å². The molecule has 0 atom stereocenters. The van der Waals surface area contributed by atoms with Crippen LogP contribution in [0.1, 0.15) is 59.5 Å². The van der Waals surface area contributed by atoms with E-state index in [2.05, 4.69) is 36.2 Å². The SMILES string of the molecule is O=C(c1ccc(-n2cc(Br)cn2)cc1)N1CCC(c2nc(C3CC3)n[nH]2)CC1. The van der Waals surface area contributed by atoms with Crippen LogP contribution in [0.3, 0.4) is 0 Å². The van der Waals surface area contributed by atoms with Gasteiger partial charge in [0.2, 0.25) is 0 Å². The molecule has 3 aromatic rings. The first-order chi connectivity index (χ1) is 13.7. The van der Waals surface area contributed by atoms with Crippen molar-refractivity contribution in [2.45, 2.75) is 37.5 Å². The topological polar surface area (TPSA) is 79.7 Å². The molecule has 0 unspecified atom stereocenters. The normalized spacial score (nSPS) is 17.8. The van der Waals surface area contributed by atoms with Crippen molar-refractivity contribution in [2.24, 2.45) is 0 Å². The number of hydrogen-bond donors (Lipinski definition) is 1. The first-order valence-electron chi connectivity index (χ1n) is 9.69. The molecule has 1 amide bonds. The average Bonchev–Trinajstić information content (AvgIpc) is 3.30. The van der Waals surface area contributed by atoms with Gasteiger partial charge in [0.15, 0.2) is 5.82 Å². The Bertz CT molecular complexity index is 982. The van der Waals surface area contributed by atoms with Crippen molar-refractivity contribution >= 4 is 21.8 Å². The lowest BCUT2D eigenvalue weighted by Crippen LogP contribution is -2.38. The van der Waals surface area contributed by atoms with Crippen LogP contribution in [0.5, 0.6) is 0 Å². The molecule has 5 rings (SSSR count). The largest absolute Gasteiger partial charge is 0.339 e. The van der Waals surface area contributed by atoms with Crippen LogP contribution in [0, 0.1) is 0 Å². The Morgan fingerprint density at radius 1 is 1.07 bits per heavy atom. The Balaban J connectivity index is 1.21. The molecular weight excluding hydrogens is 420 g/mol. The summed E-state index contributed by atoms with van der Waals surface area (Å²) in [5.41, 5.74) is 1.64. The summed E-state index contributed by atoms with van der Waals surface area (Å²) in [4.78, 5) is 19.5. The zero-order valence-electron chi connectivity index (χ0n) is 15.4. The van der Waals surface area contributed by atoms with Gasteiger partial charge in [-0.15, -0.1) is 0 Å². The molecule has 1 aliphatic heterocycles. The summed E-state index contributed by atoms with van der Waals surface area (Å²) in [6, 6.07) is 7.59. The van der Waals surface area contributed by atoms with E-state index in [4.69, 9.17) is 0 Å². The van der Waals surface area contributed by atoms with Gasteiger partial charge >= 0.3 is 0 Å². The third kappa shape index (κ3) is 3.48. The average molecular weight is 441 g/mol. The lowest BCUT2D eigenvalue weighted by atomic mass is 9.95. The predicted octanol–water partition coefficient (Wildman–Crippen LogP) is 3.65. The van der Waals surface area contributed by atoms with Gasteiger partial charge < -0.3 is 4.90 Å². The zero-order chi connectivity index (χ0) is 19.1. The number of likely N-dealkylation sites (tertiary alicyclic amines) is 1. The molecular formula is C20H21BrN6O. The standard InChI is InChI=1S/C20H21BrN6O/c21-16-11-22-27(12-16)17-5-3-15(4-6-17)20(28)26-9-7-14(8-10-26)19-23-18(24-25-19)13-1-2-13/h3-6,11-14H,1-2,7-10H2,(H,23,24,25). The fourth-order valence-electron chi connectivity index (χ4n) is 3.73. The number of rotatable bonds is 4. The Hall–Kier alpha value is -2.48. The van der Waals surface area contributed by atoms with Gasteiger partial charge in [0.1, 0.15) is 5.82 Å².